The van der Waals surface area contributed by atoms with Gasteiger partial charge in [0.25, 0.3) is 0 Å². The first-order valence-electron chi connectivity index (χ1n) is 6.66. The highest BCUT2D eigenvalue weighted by atomic mass is 16.5. The molecular formula is C17H14N2O2. The van der Waals surface area contributed by atoms with E-state index in [4.69, 9.17) is 4.74 Å². The van der Waals surface area contributed by atoms with Crippen LogP contribution >= 0.6 is 0 Å². The molecule has 104 valence electrons. The fourth-order valence-electron chi connectivity index (χ4n) is 2.23. The lowest BCUT2D eigenvalue weighted by Gasteiger charge is -2.07. The van der Waals surface area contributed by atoms with E-state index in [1.54, 1.807) is 12.1 Å². The average Bonchev–Trinajstić information content (AvgIpc) is 2.47. The highest BCUT2D eigenvalue weighted by Crippen LogP contribution is 2.24. The van der Waals surface area contributed by atoms with Crippen LogP contribution < -0.4 is 4.74 Å². The van der Waals surface area contributed by atoms with E-state index in [-0.39, 0.29) is 5.97 Å². The summed E-state index contributed by atoms with van der Waals surface area (Å²) >= 11 is 0. The van der Waals surface area contributed by atoms with Crippen LogP contribution in [0.2, 0.25) is 0 Å². The molecule has 0 aliphatic carbocycles. The van der Waals surface area contributed by atoms with Crippen molar-refractivity contribution in [2.45, 2.75) is 13.8 Å². The molecule has 1 aromatic heterocycles. The number of esters is 1. The fraction of sp³-hybridized carbons (Fsp3) is 0.118. The number of ether oxygens (including phenoxy) is 1. The smallest absolute Gasteiger partial charge is 0.308 e. The molecule has 0 amide bonds. The molecule has 0 atom stereocenters. The Labute approximate surface area is 122 Å². The molecule has 0 aliphatic rings. The summed E-state index contributed by atoms with van der Waals surface area (Å²) < 4.78 is 5.10. The Morgan fingerprint density at radius 2 is 1.86 bits per heavy atom. The third-order valence-corrected chi connectivity index (χ3v) is 3.15. The van der Waals surface area contributed by atoms with E-state index in [0.717, 1.165) is 22.2 Å². The summed E-state index contributed by atoms with van der Waals surface area (Å²) in [6, 6.07) is 15.1. The van der Waals surface area contributed by atoms with Crippen LogP contribution in [-0.4, -0.2) is 15.9 Å². The summed E-state index contributed by atoms with van der Waals surface area (Å²) in [5, 5.41) is 1.04. The Morgan fingerprint density at radius 3 is 2.67 bits per heavy atom. The highest BCUT2D eigenvalue weighted by Gasteiger charge is 2.08. The highest BCUT2D eigenvalue weighted by molar-refractivity contribution is 5.82. The zero-order chi connectivity index (χ0) is 14.8. The molecule has 0 saturated heterocycles. The number of para-hydroxylation sites is 1. The fourth-order valence-corrected chi connectivity index (χ4v) is 2.23. The summed E-state index contributed by atoms with van der Waals surface area (Å²) in [5.74, 6) is 0.775. The van der Waals surface area contributed by atoms with Gasteiger partial charge in [-0.05, 0) is 25.1 Å². The number of hydrogen-bond acceptors (Lipinski definition) is 4. The first-order valence-corrected chi connectivity index (χ1v) is 6.66. The Morgan fingerprint density at radius 1 is 1.05 bits per heavy atom. The van der Waals surface area contributed by atoms with Gasteiger partial charge in [0, 0.05) is 23.6 Å². The summed E-state index contributed by atoms with van der Waals surface area (Å²) in [6.45, 7) is 3.34. The molecule has 4 heteroatoms. The molecule has 0 radical (unpaired) electrons. The van der Waals surface area contributed by atoms with Crippen molar-refractivity contribution in [1.82, 2.24) is 9.97 Å². The van der Waals surface area contributed by atoms with E-state index < -0.39 is 0 Å². The minimum absolute atomic E-state index is 0.345. The van der Waals surface area contributed by atoms with Crippen molar-refractivity contribution >= 4 is 16.9 Å². The van der Waals surface area contributed by atoms with E-state index in [0.29, 0.717) is 11.6 Å². The maximum absolute atomic E-state index is 11.0. The van der Waals surface area contributed by atoms with Crippen LogP contribution in [0.3, 0.4) is 0 Å². The van der Waals surface area contributed by atoms with E-state index in [1.807, 2.05) is 43.3 Å². The van der Waals surface area contributed by atoms with Gasteiger partial charge in [0.05, 0.1) is 5.52 Å². The largest absolute Gasteiger partial charge is 0.427 e. The normalized spacial score (nSPS) is 10.6. The second kappa shape index (κ2) is 5.32. The molecule has 0 aliphatic heterocycles. The predicted octanol–water partition coefficient (Wildman–Crippen LogP) is 3.53. The molecular weight excluding hydrogens is 264 g/mol. The maximum Gasteiger partial charge on any atom is 0.308 e. The molecule has 0 fully saturated rings. The number of carbonyl (C=O) groups excluding carboxylic acids is 1. The van der Waals surface area contributed by atoms with Crippen molar-refractivity contribution in [1.29, 1.82) is 0 Å². The van der Waals surface area contributed by atoms with Gasteiger partial charge in [-0.1, -0.05) is 30.3 Å². The maximum atomic E-state index is 11.0. The minimum atomic E-state index is -0.345. The molecule has 3 aromatic rings. The van der Waals surface area contributed by atoms with Crippen molar-refractivity contribution < 1.29 is 9.53 Å². The quantitative estimate of drug-likeness (QED) is 0.531. The van der Waals surface area contributed by atoms with Crippen LogP contribution in [0.25, 0.3) is 22.3 Å². The van der Waals surface area contributed by atoms with Gasteiger partial charge in [-0.3, -0.25) is 4.79 Å². The lowest BCUT2D eigenvalue weighted by Crippen LogP contribution is -2.01. The Balaban J connectivity index is 2.10. The number of nitrogens with zero attached hydrogens (tertiary/aromatic N) is 2. The molecule has 0 spiro atoms. The minimum Gasteiger partial charge on any atom is -0.427 e. The number of aryl methyl sites for hydroxylation is 1. The molecule has 3 rings (SSSR count). The second-order valence-electron chi connectivity index (χ2n) is 4.77. The van der Waals surface area contributed by atoms with Crippen molar-refractivity contribution in [3.8, 4) is 17.1 Å². The first-order chi connectivity index (χ1) is 10.1. The van der Waals surface area contributed by atoms with Gasteiger partial charge in [-0.25, -0.2) is 9.97 Å². The molecule has 0 saturated carbocycles. The van der Waals surface area contributed by atoms with Crippen molar-refractivity contribution in [3.05, 3.63) is 54.2 Å². The van der Waals surface area contributed by atoms with Gasteiger partial charge in [0.2, 0.25) is 0 Å². The molecule has 0 N–H and O–H groups in total. The van der Waals surface area contributed by atoms with Gasteiger partial charge in [-0.15, -0.1) is 0 Å². The van der Waals surface area contributed by atoms with E-state index in [9.17, 15) is 4.79 Å². The first kappa shape index (κ1) is 13.2. The average molecular weight is 278 g/mol. The standard InChI is InChI=1S/C17H14N2O2/c1-11-15-8-3-4-9-16(15)19-17(18-11)13-6-5-7-14(10-13)21-12(2)20/h3-10H,1-2H3. The third-order valence-electron chi connectivity index (χ3n) is 3.15. The SMILES string of the molecule is CC(=O)Oc1cccc(-c2nc(C)c3ccccc3n2)c1. The number of benzene rings is 2. The third kappa shape index (κ3) is 2.74. The molecule has 2 aromatic carbocycles. The summed E-state index contributed by atoms with van der Waals surface area (Å²) in [5.41, 5.74) is 2.65. The summed E-state index contributed by atoms with van der Waals surface area (Å²) in [7, 11) is 0. The Hall–Kier alpha value is -2.75. The number of rotatable bonds is 2. The Kier molecular flexibility index (Phi) is 3.36. The van der Waals surface area contributed by atoms with E-state index >= 15 is 0 Å². The van der Waals surface area contributed by atoms with Crippen LogP contribution in [-0.2, 0) is 4.79 Å². The van der Waals surface area contributed by atoms with Crippen molar-refractivity contribution in [2.75, 3.05) is 0 Å². The Bertz CT molecular complexity index is 828. The molecule has 4 nitrogen and oxygen atoms in total. The number of carbonyl (C=O) groups is 1. The second-order valence-corrected chi connectivity index (χ2v) is 4.77. The molecule has 21 heavy (non-hydrogen) atoms. The number of fused-ring (bicyclic) bond motifs is 1. The number of hydrogen-bond donors (Lipinski definition) is 0. The van der Waals surface area contributed by atoms with Gasteiger partial charge in [0.15, 0.2) is 5.82 Å². The summed E-state index contributed by atoms with van der Waals surface area (Å²) in [4.78, 5) is 20.2. The van der Waals surface area contributed by atoms with Crippen molar-refractivity contribution in [3.63, 3.8) is 0 Å². The van der Waals surface area contributed by atoms with Crippen LogP contribution in [0.5, 0.6) is 5.75 Å². The van der Waals surface area contributed by atoms with Crippen molar-refractivity contribution in [2.24, 2.45) is 0 Å². The van der Waals surface area contributed by atoms with Crippen LogP contribution in [0.1, 0.15) is 12.6 Å². The zero-order valence-electron chi connectivity index (χ0n) is 11.8. The number of aromatic nitrogens is 2. The molecule has 1 heterocycles. The lowest BCUT2D eigenvalue weighted by atomic mass is 10.1. The van der Waals surface area contributed by atoms with Gasteiger partial charge < -0.3 is 4.74 Å². The monoisotopic (exact) mass is 278 g/mol. The van der Waals surface area contributed by atoms with Gasteiger partial charge >= 0.3 is 5.97 Å². The topological polar surface area (TPSA) is 52.1 Å². The van der Waals surface area contributed by atoms with E-state index in [1.165, 1.54) is 6.92 Å². The predicted molar refractivity (Wildman–Crippen MR) is 81.0 cm³/mol. The summed E-state index contributed by atoms with van der Waals surface area (Å²) in [6.07, 6.45) is 0. The zero-order valence-corrected chi connectivity index (χ0v) is 11.8. The van der Waals surface area contributed by atoms with Crippen LogP contribution in [0.15, 0.2) is 48.5 Å². The van der Waals surface area contributed by atoms with Crippen LogP contribution in [0.4, 0.5) is 0 Å². The lowest BCUT2D eigenvalue weighted by molar-refractivity contribution is -0.131. The molecule has 0 bridgehead atoms. The van der Waals surface area contributed by atoms with E-state index in [2.05, 4.69) is 9.97 Å². The van der Waals surface area contributed by atoms with Gasteiger partial charge in [-0.2, -0.15) is 0 Å². The molecule has 0 unspecified atom stereocenters. The van der Waals surface area contributed by atoms with Crippen LogP contribution in [0, 0.1) is 6.92 Å². The van der Waals surface area contributed by atoms with Gasteiger partial charge in [0.1, 0.15) is 5.75 Å².